The quantitative estimate of drug-likeness (QED) is 0.526. The molecule has 168 valence electrons. The Morgan fingerprint density at radius 2 is 2.00 bits per heavy atom. The molecule has 0 radical (unpaired) electrons. The van der Waals surface area contributed by atoms with Gasteiger partial charge in [0.1, 0.15) is 11.3 Å². The Kier molecular flexibility index (Phi) is 4.07. The number of aryl methyl sites for hydroxylation is 1. The summed E-state index contributed by atoms with van der Waals surface area (Å²) in [5.41, 5.74) is -2.47. The van der Waals surface area contributed by atoms with Crippen LogP contribution in [0.25, 0.3) is 0 Å². The summed E-state index contributed by atoms with van der Waals surface area (Å²) in [6, 6.07) is 3.43. The zero-order chi connectivity index (χ0) is 22.4. The van der Waals surface area contributed by atoms with Gasteiger partial charge < -0.3 is 15.5 Å². The summed E-state index contributed by atoms with van der Waals surface area (Å²) in [5, 5.41) is 27.2. The monoisotopic (exact) mass is 439 g/mol. The number of nitrogens with one attached hydrogen (secondary N) is 2. The molecule has 4 aliphatic rings. The van der Waals surface area contributed by atoms with Crippen LogP contribution < -0.4 is 10.6 Å². The lowest BCUT2D eigenvalue weighted by Gasteiger charge is -2.57. The van der Waals surface area contributed by atoms with Crippen molar-refractivity contribution in [3.8, 4) is 5.75 Å². The van der Waals surface area contributed by atoms with E-state index in [0.29, 0.717) is 12.0 Å². The molecule has 1 aromatic rings. The van der Waals surface area contributed by atoms with Gasteiger partial charge in [0.2, 0.25) is 0 Å². The normalized spacial score (nSPS) is 39.6. The fourth-order valence-corrected chi connectivity index (χ4v) is 6.86. The summed E-state index contributed by atoms with van der Waals surface area (Å²) in [6.07, 6.45) is -3.76. The second-order valence-electron chi connectivity index (χ2n) is 9.63. The number of halogens is 3. The van der Waals surface area contributed by atoms with Crippen LogP contribution in [0.3, 0.4) is 0 Å². The Bertz CT molecular complexity index is 985. The number of carbonyl (C=O) groups excluding carboxylic acids is 2. The Labute approximate surface area is 176 Å². The number of carbonyl (C=O) groups is 2. The van der Waals surface area contributed by atoms with E-state index in [2.05, 4.69) is 10.6 Å². The predicted octanol–water partition coefficient (Wildman–Crippen LogP) is 1.70. The minimum Gasteiger partial charge on any atom is -0.508 e. The van der Waals surface area contributed by atoms with E-state index in [9.17, 15) is 33.0 Å². The second-order valence-corrected chi connectivity index (χ2v) is 9.63. The number of urea groups is 1. The third-order valence-electron chi connectivity index (χ3n) is 7.91. The molecule has 3 amide bonds. The molecule has 5 atom stereocenters. The molecule has 5 rings (SSSR count). The molecule has 1 unspecified atom stereocenters. The summed E-state index contributed by atoms with van der Waals surface area (Å²) in [5.74, 6) is -0.684. The number of likely N-dealkylation sites (tertiary alicyclic amines) is 1. The van der Waals surface area contributed by atoms with Crippen LogP contribution in [-0.4, -0.2) is 63.5 Å². The maximum absolute atomic E-state index is 13.1. The van der Waals surface area contributed by atoms with E-state index >= 15 is 0 Å². The first-order chi connectivity index (χ1) is 14.4. The number of benzene rings is 1. The van der Waals surface area contributed by atoms with E-state index in [1.54, 1.807) is 6.07 Å². The van der Waals surface area contributed by atoms with Crippen molar-refractivity contribution in [2.45, 2.75) is 61.4 Å². The van der Waals surface area contributed by atoms with E-state index in [1.807, 2.05) is 6.92 Å². The molecule has 1 spiro atoms. The maximum Gasteiger partial charge on any atom is 0.401 e. The number of aliphatic hydroxyl groups is 1. The largest absolute Gasteiger partial charge is 0.508 e. The fourth-order valence-electron chi connectivity index (χ4n) is 6.86. The molecule has 1 aromatic carbocycles. The molecule has 2 saturated heterocycles. The minimum absolute atomic E-state index is 0.0248. The van der Waals surface area contributed by atoms with E-state index in [-0.39, 0.29) is 37.5 Å². The molecule has 2 saturated carbocycles. The van der Waals surface area contributed by atoms with Gasteiger partial charge in [0, 0.05) is 18.0 Å². The van der Waals surface area contributed by atoms with Crippen molar-refractivity contribution < 1.29 is 33.0 Å². The van der Waals surface area contributed by atoms with Crippen LogP contribution in [0.5, 0.6) is 5.75 Å². The van der Waals surface area contributed by atoms with Crippen LogP contribution >= 0.6 is 0 Å². The Balaban J connectivity index is 1.63. The SMILES string of the molecule is Cc1ccc(O)cc1[C@]12CC3CN(CC(F)(F)F)[C@H]3[C@]1(O)CC[C@@]1(C2)NC(=O)NC1=O. The first kappa shape index (κ1) is 20.6. The van der Waals surface area contributed by atoms with Crippen LogP contribution in [0.15, 0.2) is 18.2 Å². The number of amides is 3. The highest BCUT2D eigenvalue weighted by Gasteiger charge is 2.74. The van der Waals surface area contributed by atoms with Gasteiger partial charge in [-0.15, -0.1) is 0 Å². The average Bonchev–Trinajstić information content (AvgIpc) is 3.02. The van der Waals surface area contributed by atoms with Crippen molar-refractivity contribution in [3.05, 3.63) is 29.3 Å². The highest BCUT2D eigenvalue weighted by molar-refractivity contribution is 6.07. The number of aromatic hydroxyl groups is 1. The molecule has 4 N–H and O–H groups in total. The van der Waals surface area contributed by atoms with Gasteiger partial charge in [-0.1, -0.05) is 6.07 Å². The lowest BCUT2D eigenvalue weighted by molar-refractivity contribution is -0.196. The highest BCUT2D eigenvalue weighted by Crippen LogP contribution is 2.65. The zero-order valence-corrected chi connectivity index (χ0v) is 16.9. The molecule has 2 aliphatic carbocycles. The Hall–Kier alpha value is -2.33. The van der Waals surface area contributed by atoms with E-state index in [4.69, 9.17) is 0 Å². The topological polar surface area (TPSA) is 102 Å². The number of imide groups is 1. The summed E-state index contributed by atoms with van der Waals surface area (Å²) in [7, 11) is 0. The van der Waals surface area contributed by atoms with Gasteiger partial charge in [0.15, 0.2) is 0 Å². The van der Waals surface area contributed by atoms with Gasteiger partial charge >= 0.3 is 12.2 Å². The van der Waals surface area contributed by atoms with Crippen molar-refractivity contribution in [2.75, 3.05) is 13.1 Å². The molecule has 0 bridgehead atoms. The second kappa shape index (κ2) is 6.13. The smallest absolute Gasteiger partial charge is 0.401 e. The number of alkyl halides is 3. The maximum atomic E-state index is 13.1. The summed E-state index contributed by atoms with van der Waals surface area (Å²) in [6.45, 7) is 0.915. The molecule has 2 aliphatic heterocycles. The summed E-state index contributed by atoms with van der Waals surface area (Å²) in [4.78, 5) is 25.9. The minimum atomic E-state index is -4.39. The number of hydrogen-bond donors (Lipinski definition) is 4. The van der Waals surface area contributed by atoms with Crippen molar-refractivity contribution in [3.63, 3.8) is 0 Å². The van der Waals surface area contributed by atoms with Gasteiger partial charge in [-0.05, 0) is 61.8 Å². The van der Waals surface area contributed by atoms with Crippen molar-refractivity contribution >= 4 is 11.9 Å². The number of rotatable bonds is 2. The third kappa shape index (κ3) is 2.73. The van der Waals surface area contributed by atoms with Gasteiger partial charge in [-0.3, -0.25) is 15.0 Å². The van der Waals surface area contributed by atoms with Gasteiger partial charge in [0.25, 0.3) is 5.91 Å². The highest BCUT2D eigenvalue weighted by atomic mass is 19.4. The van der Waals surface area contributed by atoms with Crippen LogP contribution in [0.1, 0.15) is 36.8 Å². The number of hydrogen-bond acceptors (Lipinski definition) is 5. The van der Waals surface area contributed by atoms with E-state index < -0.39 is 47.3 Å². The van der Waals surface area contributed by atoms with Gasteiger partial charge in [-0.25, -0.2) is 4.79 Å². The Morgan fingerprint density at radius 1 is 1.26 bits per heavy atom. The van der Waals surface area contributed by atoms with Crippen molar-refractivity contribution in [1.82, 2.24) is 15.5 Å². The number of fused-ring (bicyclic) bond motifs is 3. The molecule has 4 fully saturated rings. The molecule has 0 aromatic heterocycles. The van der Waals surface area contributed by atoms with Crippen LogP contribution in [0, 0.1) is 12.8 Å². The molecule has 31 heavy (non-hydrogen) atoms. The first-order valence-corrected chi connectivity index (χ1v) is 10.4. The summed E-state index contributed by atoms with van der Waals surface area (Å²) < 4.78 is 39.4. The van der Waals surface area contributed by atoms with Crippen LogP contribution in [-0.2, 0) is 10.2 Å². The predicted molar refractivity (Wildman–Crippen MR) is 102 cm³/mol. The van der Waals surface area contributed by atoms with Gasteiger partial charge in [0.05, 0.1) is 12.1 Å². The lowest BCUT2D eigenvalue weighted by atomic mass is 9.55. The fraction of sp³-hybridized carbons (Fsp3) is 0.619. The molecular weight excluding hydrogens is 415 g/mol. The average molecular weight is 439 g/mol. The third-order valence-corrected chi connectivity index (χ3v) is 7.91. The van der Waals surface area contributed by atoms with E-state index in [1.165, 1.54) is 17.0 Å². The van der Waals surface area contributed by atoms with Crippen LogP contribution in [0.4, 0.5) is 18.0 Å². The molecular formula is C21H24F3N3O4. The molecule has 10 heteroatoms. The molecule has 2 heterocycles. The number of nitrogens with zero attached hydrogens (tertiary/aromatic N) is 1. The Morgan fingerprint density at radius 3 is 2.65 bits per heavy atom. The van der Waals surface area contributed by atoms with Crippen molar-refractivity contribution in [1.29, 1.82) is 0 Å². The molecule has 7 nitrogen and oxygen atoms in total. The van der Waals surface area contributed by atoms with Crippen molar-refractivity contribution in [2.24, 2.45) is 5.92 Å². The number of phenols is 1. The summed E-state index contributed by atoms with van der Waals surface area (Å²) >= 11 is 0. The van der Waals surface area contributed by atoms with Gasteiger partial charge in [-0.2, -0.15) is 13.2 Å². The zero-order valence-electron chi connectivity index (χ0n) is 16.9. The van der Waals surface area contributed by atoms with Crippen LogP contribution in [0.2, 0.25) is 0 Å². The first-order valence-electron chi connectivity index (χ1n) is 10.4. The lowest BCUT2D eigenvalue weighted by Crippen LogP contribution is -2.71. The number of phenolic OH excluding ortho intramolecular Hbond substituents is 1. The standard InChI is InChI=1S/C21H24F3N3O4/c1-11-2-3-13(28)6-14(11)18-7-12-8-27(10-21(22,23)24)15(12)20(18,31)5-4-19(9-18)16(29)25-17(30)26-19/h2-3,6,12,15,28,31H,4-5,7-10H2,1H3,(H2,25,26,29,30)/t12?,15-,18-,19+,20-/m1/s1. The van der Waals surface area contributed by atoms with E-state index in [0.717, 1.165) is 5.56 Å².